The number of likely N-dealkylation sites (tertiary alicyclic amines) is 1. The third kappa shape index (κ3) is 1.99. The Morgan fingerprint density at radius 3 is 2.67 bits per heavy atom. The first-order valence-corrected chi connectivity index (χ1v) is 7.08. The number of carbonyl (C=O) groups is 1. The molecule has 2 N–H and O–H groups in total. The van der Waals surface area contributed by atoms with Gasteiger partial charge in [0.25, 0.3) is 5.91 Å². The second-order valence-corrected chi connectivity index (χ2v) is 6.45. The van der Waals surface area contributed by atoms with Crippen LogP contribution in [-0.4, -0.2) is 39.7 Å². The number of halogens is 1. The van der Waals surface area contributed by atoms with Gasteiger partial charge in [-0.25, -0.2) is 0 Å². The number of amides is 1. The fourth-order valence-electron chi connectivity index (χ4n) is 2.49. The van der Waals surface area contributed by atoms with Crippen molar-refractivity contribution in [2.24, 2.45) is 5.92 Å². The molecule has 1 saturated heterocycles. The zero-order chi connectivity index (χ0) is 12.9. The minimum absolute atomic E-state index is 0.00211. The molecule has 1 aliphatic carbocycles. The van der Waals surface area contributed by atoms with Crippen LogP contribution in [0.25, 0.3) is 0 Å². The maximum absolute atomic E-state index is 12.2. The number of phenolic OH excluding ortho intramolecular Hbond substituents is 1. The summed E-state index contributed by atoms with van der Waals surface area (Å²) in [5.74, 6) is 0.171. The van der Waals surface area contributed by atoms with E-state index >= 15 is 0 Å². The second-order valence-electron chi connectivity index (χ2n) is 5.20. The van der Waals surface area contributed by atoms with Crippen LogP contribution in [0, 0.1) is 9.49 Å². The van der Waals surface area contributed by atoms with Crippen molar-refractivity contribution in [2.45, 2.75) is 18.4 Å². The molecule has 0 aromatic heterocycles. The summed E-state index contributed by atoms with van der Waals surface area (Å²) < 4.78 is 0.909. The molecule has 3 rings (SSSR count). The van der Waals surface area contributed by atoms with Crippen LogP contribution in [-0.2, 0) is 0 Å². The summed E-state index contributed by atoms with van der Waals surface area (Å²) >= 11 is 2.11. The van der Waals surface area contributed by atoms with Gasteiger partial charge in [0.1, 0.15) is 11.4 Å². The zero-order valence-electron chi connectivity index (χ0n) is 9.77. The van der Waals surface area contributed by atoms with Crippen molar-refractivity contribution in [1.29, 1.82) is 0 Å². The highest BCUT2D eigenvalue weighted by Crippen LogP contribution is 2.45. The Bertz CT molecular complexity index is 507. The van der Waals surface area contributed by atoms with Crippen molar-refractivity contribution in [1.82, 2.24) is 4.90 Å². The van der Waals surface area contributed by atoms with Gasteiger partial charge in [0.05, 0.1) is 18.7 Å². The molecule has 4 nitrogen and oxygen atoms in total. The number of phenols is 1. The van der Waals surface area contributed by atoms with E-state index in [1.54, 1.807) is 17.0 Å². The van der Waals surface area contributed by atoms with E-state index in [-0.39, 0.29) is 11.7 Å². The maximum Gasteiger partial charge on any atom is 0.257 e. The first-order valence-electron chi connectivity index (χ1n) is 6.00. The Hall–Kier alpha value is -0.820. The maximum atomic E-state index is 12.2. The van der Waals surface area contributed by atoms with Gasteiger partial charge in [-0.15, -0.1) is 0 Å². The largest absolute Gasteiger partial charge is 0.507 e. The van der Waals surface area contributed by atoms with Crippen LogP contribution in [0.3, 0.4) is 0 Å². The van der Waals surface area contributed by atoms with Crippen LogP contribution in [0.2, 0.25) is 0 Å². The Morgan fingerprint density at radius 1 is 1.39 bits per heavy atom. The molecule has 1 amide bonds. The average molecular weight is 359 g/mol. The summed E-state index contributed by atoms with van der Waals surface area (Å²) in [6.45, 7) is 0.781. The quantitative estimate of drug-likeness (QED) is 0.789. The van der Waals surface area contributed by atoms with Crippen molar-refractivity contribution in [3.63, 3.8) is 0 Å². The Balaban J connectivity index is 1.74. The molecule has 5 heteroatoms. The molecule has 2 aliphatic rings. The van der Waals surface area contributed by atoms with Gasteiger partial charge in [-0.2, -0.15) is 0 Å². The predicted octanol–water partition coefficient (Wildman–Crippen LogP) is 1.59. The SMILES string of the molecule is O=C(c1cc(I)ccc1O)N1CC(O)(C2CC2)C1. The van der Waals surface area contributed by atoms with E-state index in [1.165, 1.54) is 6.07 Å². The summed E-state index contributed by atoms with van der Waals surface area (Å²) in [5, 5.41) is 19.9. The molecule has 2 fully saturated rings. The molecule has 0 bridgehead atoms. The van der Waals surface area contributed by atoms with Gasteiger partial charge in [0, 0.05) is 3.57 Å². The lowest BCUT2D eigenvalue weighted by molar-refractivity contribution is -0.0958. The smallest absolute Gasteiger partial charge is 0.257 e. The van der Waals surface area contributed by atoms with Crippen LogP contribution in [0.15, 0.2) is 18.2 Å². The molecule has 1 aromatic carbocycles. The number of hydrogen-bond acceptors (Lipinski definition) is 3. The standard InChI is InChI=1S/C13H14INO3/c14-9-3-4-11(16)10(5-9)12(17)15-6-13(18,7-15)8-1-2-8/h3-5,8,16,18H,1-2,6-7H2. The van der Waals surface area contributed by atoms with Crippen molar-refractivity contribution in [3.8, 4) is 5.75 Å². The molecule has 0 unspecified atom stereocenters. The summed E-state index contributed by atoms with van der Waals surface area (Å²) in [5.41, 5.74) is -0.354. The number of aromatic hydroxyl groups is 1. The lowest BCUT2D eigenvalue weighted by atomic mass is 9.88. The normalized spacial score (nSPS) is 21.6. The summed E-state index contributed by atoms with van der Waals surface area (Å²) in [4.78, 5) is 13.8. The van der Waals surface area contributed by atoms with Crippen LogP contribution >= 0.6 is 22.6 Å². The first-order chi connectivity index (χ1) is 8.49. The Labute approximate surface area is 119 Å². The summed E-state index contributed by atoms with van der Waals surface area (Å²) in [6, 6.07) is 4.96. The molecular formula is C13H14INO3. The summed E-state index contributed by atoms with van der Waals surface area (Å²) in [7, 11) is 0. The fraction of sp³-hybridized carbons (Fsp3) is 0.462. The highest BCUT2D eigenvalue weighted by Gasteiger charge is 2.53. The van der Waals surface area contributed by atoms with E-state index in [0.717, 1.165) is 16.4 Å². The van der Waals surface area contributed by atoms with Gasteiger partial charge in [-0.05, 0) is 59.5 Å². The molecule has 96 valence electrons. The number of aliphatic hydroxyl groups is 1. The Kier molecular flexibility index (Phi) is 2.78. The topological polar surface area (TPSA) is 60.8 Å². The molecule has 1 aliphatic heterocycles. The van der Waals surface area contributed by atoms with Gasteiger partial charge in [0.15, 0.2) is 0 Å². The number of hydrogen-bond donors (Lipinski definition) is 2. The molecular weight excluding hydrogens is 345 g/mol. The fourth-order valence-corrected chi connectivity index (χ4v) is 2.98. The minimum atomic E-state index is -0.673. The van der Waals surface area contributed by atoms with Crippen molar-refractivity contribution in [3.05, 3.63) is 27.3 Å². The molecule has 1 saturated carbocycles. The van der Waals surface area contributed by atoms with E-state index in [2.05, 4.69) is 22.6 Å². The van der Waals surface area contributed by atoms with E-state index in [9.17, 15) is 15.0 Å². The number of β-amino-alcohol motifs (C(OH)–C–C–N with tert-alkyl or cyclic N) is 1. The predicted molar refractivity (Wildman–Crippen MR) is 74.4 cm³/mol. The van der Waals surface area contributed by atoms with Gasteiger partial charge in [-0.1, -0.05) is 0 Å². The van der Waals surface area contributed by atoms with E-state index in [0.29, 0.717) is 24.6 Å². The van der Waals surface area contributed by atoms with Crippen molar-refractivity contribution in [2.75, 3.05) is 13.1 Å². The van der Waals surface area contributed by atoms with E-state index < -0.39 is 5.60 Å². The van der Waals surface area contributed by atoms with Gasteiger partial charge in [0.2, 0.25) is 0 Å². The van der Waals surface area contributed by atoms with Crippen molar-refractivity contribution < 1.29 is 15.0 Å². The van der Waals surface area contributed by atoms with E-state index in [4.69, 9.17) is 0 Å². The van der Waals surface area contributed by atoms with Crippen LogP contribution in [0.1, 0.15) is 23.2 Å². The summed E-state index contributed by atoms with van der Waals surface area (Å²) in [6.07, 6.45) is 2.13. The Morgan fingerprint density at radius 2 is 2.06 bits per heavy atom. The van der Waals surface area contributed by atoms with Crippen LogP contribution in [0.4, 0.5) is 0 Å². The van der Waals surface area contributed by atoms with Crippen LogP contribution in [0.5, 0.6) is 5.75 Å². The lowest BCUT2D eigenvalue weighted by Crippen LogP contribution is -2.64. The molecule has 18 heavy (non-hydrogen) atoms. The molecule has 0 spiro atoms. The van der Waals surface area contributed by atoms with Gasteiger partial charge < -0.3 is 15.1 Å². The third-order valence-electron chi connectivity index (χ3n) is 3.74. The van der Waals surface area contributed by atoms with Crippen molar-refractivity contribution >= 4 is 28.5 Å². The zero-order valence-corrected chi connectivity index (χ0v) is 11.9. The molecule has 1 heterocycles. The van der Waals surface area contributed by atoms with E-state index in [1.807, 2.05) is 0 Å². The number of nitrogens with zero attached hydrogens (tertiary/aromatic N) is 1. The molecule has 0 radical (unpaired) electrons. The average Bonchev–Trinajstić information content (AvgIpc) is 3.11. The van der Waals surface area contributed by atoms with Gasteiger partial charge in [-0.3, -0.25) is 4.79 Å². The van der Waals surface area contributed by atoms with Gasteiger partial charge >= 0.3 is 0 Å². The van der Waals surface area contributed by atoms with Crippen LogP contribution < -0.4 is 0 Å². The molecule has 0 atom stereocenters. The number of rotatable bonds is 2. The molecule has 1 aromatic rings. The highest BCUT2D eigenvalue weighted by atomic mass is 127. The monoisotopic (exact) mass is 359 g/mol. The lowest BCUT2D eigenvalue weighted by Gasteiger charge is -2.47. The first kappa shape index (κ1) is 12.2. The number of carbonyl (C=O) groups excluding carboxylic acids is 1. The second kappa shape index (κ2) is 4.09. The highest BCUT2D eigenvalue weighted by molar-refractivity contribution is 14.1. The minimum Gasteiger partial charge on any atom is -0.507 e. The number of benzene rings is 1. The third-order valence-corrected chi connectivity index (χ3v) is 4.41.